The number of nitriles is 1. The molecule has 0 aliphatic heterocycles. The van der Waals surface area contributed by atoms with Crippen LogP contribution in [0.2, 0.25) is 5.02 Å². The first-order valence-corrected chi connectivity index (χ1v) is 8.98. The fourth-order valence-electron chi connectivity index (χ4n) is 2.52. The van der Waals surface area contributed by atoms with Crippen LogP contribution in [0, 0.1) is 18.3 Å². The summed E-state index contributed by atoms with van der Waals surface area (Å²) in [6.45, 7) is 4.77. The van der Waals surface area contributed by atoms with E-state index in [0.717, 1.165) is 10.5 Å². The first kappa shape index (κ1) is 20.4. The lowest BCUT2D eigenvalue weighted by molar-refractivity contribution is -0.881. The molecule has 2 aromatic rings. The van der Waals surface area contributed by atoms with Gasteiger partial charge in [-0.3, -0.25) is 9.59 Å². The van der Waals surface area contributed by atoms with Crippen LogP contribution < -0.4 is 15.5 Å². The van der Waals surface area contributed by atoms with Gasteiger partial charge in [0, 0.05) is 16.4 Å². The van der Waals surface area contributed by atoms with E-state index < -0.39 is 0 Å². The number of rotatable bonds is 7. The van der Waals surface area contributed by atoms with E-state index in [4.69, 9.17) is 16.9 Å². The first-order chi connectivity index (χ1) is 12.9. The van der Waals surface area contributed by atoms with Gasteiger partial charge in [0.25, 0.3) is 11.8 Å². The zero-order valence-corrected chi connectivity index (χ0v) is 16.1. The summed E-state index contributed by atoms with van der Waals surface area (Å²) in [5, 5.41) is 15.0. The molecule has 1 unspecified atom stereocenters. The average Bonchev–Trinajstić information content (AvgIpc) is 2.64. The van der Waals surface area contributed by atoms with Gasteiger partial charge < -0.3 is 15.5 Å². The Balaban J connectivity index is 1.89. The van der Waals surface area contributed by atoms with Crippen LogP contribution in [0.3, 0.4) is 0 Å². The summed E-state index contributed by atoms with van der Waals surface area (Å²) in [4.78, 5) is 25.4. The Morgan fingerprint density at radius 1 is 1.07 bits per heavy atom. The zero-order chi connectivity index (χ0) is 19.8. The molecule has 2 amide bonds. The maximum atomic E-state index is 12.3. The summed E-state index contributed by atoms with van der Waals surface area (Å²) in [7, 11) is 0. The third-order valence-corrected chi connectivity index (χ3v) is 4.33. The van der Waals surface area contributed by atoms with Gasteiger partial charge in [0.1, 0.15) is 0 Å². The second-order valence-electron chi connectivity index (χ2n) is 6.20. The number of benzene rings is 2. The van der Waals surface area contributed by atoms with E-state index in [1.165, 1.54) is 0 Å². The van der Waals surface area contributed by atoms with Crippen LogP contribution in [0.5, 0.6) is 0 Å². The highest BCUT2D eigenvalue weighted by Gasteiger charge is 2.17. The highest BCUT2D eigenvalue weighted by molar-refractivity contribution is 6.31. The maximum absolute atomic E-state index is 12.3. The minimum absolute atomic E-state index is 0.165. The second-order valence-corrected chi connectivity index (χ2v) is 6.64. The summed E-state index contributed by atoms with van der Waals surface area (Å²) >= 11 is 5.97. The predicted molar refractivity (Wildman–Crippen MR) is 106 cm³/mol. The molecule has 0 aromatic heterocycles. The maximum Gasteiger partial charge on any atom is 0.279 e. The molecule has 140 valence electrons. The van der Waals surface area contributed by atoms with Gasteiger partial charge in [-0.2, -0.15) is 5.26 Å². The summed E-state index contributed by atoms with van der Waals surface area (Å²) in [6, 6.07) is 14.0. The number of nitrogens with zero attached hydrogens (tertiary/aromatic N) is 1. The first-order valence-electron chi connectivity index (χ1n) is 8.61. The molecule has 27 heavy (non-hydrogen) atoms. The largest absolute Gasteiger partial charge is 0.321 e. The van der Waals surface area contributed by atoms with E-state index in [9.17, 15) is 9.59 Å². The van der Waals surface area contributed by atoms with E-state index in [1.807, 2.05) is 26.0 Å². The third kappa shape index (κ3) is 6.41. The van der Waals surface area contributed by atoms with E-state index in [0.29, 0.717) is 28.5 Å². The Labute approximate surface area is 163 Å². The van der Waals surface area contributed by atoms with Gasteiger partial charge in [-0.1, -0.05) is 17.7 Å². The number of amides is 2. The van der Waals surface area contributed by atoms with Gasteiger partial charge in [0.15, 0.2) is 13.1 Å². The molecule has 2 aromatic carbocycles. The Morgan fingerprint density at radius 2 is 1.70 bits per heavy atom. The smallest absolute Gasteiger partial charge is 0.279 e. The van der Waals surface area contributed by atoms with Crippen LogP contribution in [-0.4, -0.2) is 31.4 Å². The van der Waals surface area contributed by atoms with Crippen molar-refractivity contribution in [3.05, 3.63) is 58.6 Å². The van der Waals surface area contributed by atoms with E-state index in [-0.39, 0.29) is 24.9 Å². The number of hydrogen-bond donors (Lipinski definition) is 3. The quantitative estimate of drug-likeness (QED) is 0.681. The van der Waals surface area contributed by atoms with Crippen LogP contribution >= 0.6 is 11.6 Å². The summed E-state index contributed by atoms with van der Waals surface area (Å²) < 4.78 is 0. The molecule has 0 saturated carbocycles. The normalized spacial score (nSPS) is 11.3. The van der Waals surface area contributed by atoms with Crippen LogP contribution in [0.4, 0.5) is 11.4 Å². The standard InChI is InChI=1S/C20H21ClN4O2/c1-3-25(12-19(26)23-17-8-5-15(11-22)6-9-17)13-20(27)24-18-10-16(21)7-4-14(18)2/h4-10H,3,12-13H2,1-2H3,(H,23,26)(H,24,27)/p+1. The minimum Gasteiger partial charge on any atom is -0.321 e. The molecule has 0 aliphatic rings. The fraction of sp³-hybridized carbons (Fsp3) is 0.250. The van der Waals surface area contributed by atoms with Gasteiger partial charge in [-0.15, -0.1) is 0 Å². The fourth-order valence-corrected chi connectivity index (χ4v) is 2.70. The summed E-state index contributed by atoms with van der Waals surface area (Å²) in [6.07, 6.45) is 0. The Bertz CT molecular complexity index is 859. The van der Waals surface area contributed by atoms with Crippen molar-refractivity contribution in [3.63, 3.8) is 0 Å². The number of anilines is 2. The van der Waals surface area contributed by atoms with Gasteiger partial charge in [0.2, 0.25) is 0 Å². The SMILES string of the molecule is CC[NH+](CC(=O)Nc1ccc(C#N)cc1)CC(=O)Nc1cc(Cl)ccc1C. The van der Waals surface area contributed by atoms with Crippen molar-refractivity contribution in [1.82, 2.24) is 0 Å². The lowest BCUT2D eigenvalue weighted by Gasteiger charge is -2.17. The van der Waals surface area contributed by atoms with Crippen LogP contribution in [0.1, 0.15) is 18.1 Å². The van der Waals surface area contributed by atoms with Crippen LogP contribution in [0.25, 0.3) is 0 Å². The summed E-state index contributed by atoms with van der Waals surface area (Å²) in [5.74, 6) is -0.369. The second kappa shape index (κ2) is 9.72. The number of hydrogen-bond acceptors (Lipinski definition) is 3. The number of nitrogens with one attached hydrogen (secondary N) is 3. The van der Waals surface area contributed by atoms with Crippen LogP contribution in [0.15, 0.2) is 42.5 Å². The molecule has 0 saturated heterocycles. The van der Waals surface area contributed by atoms with Crippen molar-refractivity contribution in [3.8, 4) is 6.07 Å². The van der Waals surface area contributed by atoms with Gasteiger partial charge in [-0.05, 0) is 55.8 Å². The topological polar surface area (TPSA) is 86.4 Å². The van der Waals surface area contributed by atoms with E-state index >= 15 is 0 Å². The van der Waals surface area contributed by atoms with Gasteiger partial charge in [0.05, 0.1) is 18.2 Å². The Kier molecular flexibility index (Phi) is 7.35. The van der Waals surface area contributed by atoms with E-state index in [2.05, 4.69) is 10.6 Å². The predicted octanol–water partition coefficient (Wildman–Crippen LogP) is 2.00. The lowest BCUT2D eigenvalue weighted by atomic mass is 10.2. The minimum atomic E-state index is -0.191. The molecular formula is C20H22ClN4O2+. The molecule has 2 rings (SSSR count). The molecule has 3 N–H and O–H groups in total. The highest BCUT2D eigenvalue weighted by atomic mass is 35.5. The average molecular weight is 386 g/mol. The molecule has 0 heterocycles. The van der Waals surface area contributed by atoms with Crippen molar-refractivity contribution < 1.29 is 14.5 Å². The summed E-state index contributed by atoms with van der Waals surface area (Å²) in [5.41, 5.74) is 2.74. The zero-order valence-electron chi connectivity index (χ0n) is 15.3. The number of carbonyl (C=O) groups excluding carboxylic acids is 2. The molecule has 0 fully saturated rings. The van der Waals surface area contributed by atoms with Crippen molar-refractivity contribution in [2.75, 3.05) is 30.3 Å². The third-order valence-electron chi connectivity index (χ3n) is 4.09. The molecule has 7 heteroatoms. The number of carbonyl (C=O) groups is 2. The molecule has 0 bridgehead atoms. The van der Waals surface area contributed by atoms with Crippen LogP contribution in [-0.2, 0) is 9.59 Å². The monoisotopic (exact) mass is 385 g/mol. The van der Waals surface area contributed by atoms with Crippen molar-refractivity contribution in [1.29, 1.82) is 5.26 Å². The van der Waals surface area contributed by atoms with Gasteiger partial charge >= 0.3 is 0 Å². The Hall–Kier alpha value is -2.88. The highest BCUT2D eigenvalue weighted by Crippen LogP contribution is 2.19. The number of quaternary nitrogens is 1. The molecule has 1 atom stereocenters. The lowest BCUT2D eigenvalue weighted by Crippen LogP contribution is -3.13. The molecule has 0 spiro atoms. The molecule has 6 nitrogen and oxygen atoms in total. The van der Waals surface area contributed by atoms with E-state index in [1.54, 1.807) is 36.4 Å². The molecule has 0 aliphatic carbocycles. The van der Waals surface area contributed by atoms with Crippen molar-refractivity contribution in [2.45, 2.75) is 13.8 Å². The number of halogens is 1. The Morgan fingerprint density at radius 3 is 2.30 bits per heavy atom. The van der Waals surface area contributed by atoms with Crippen molar-refractivity contribution >= 4 is 34.8 Å². The number of aryl methyl sites for hydroxylation is 1. The molecule has 0 radical (unpaired) electrons. The van der Waals surface area contributed by atoms with Gasteiger partial charge in [-0.25, -0.2) is 0 Å². The number of likely N-dealkylation sites (N-methyl/N-ethyl adjacent to an activating group) is 1. The molecular weight excluding hydrogens is 364 g/mol. The van der Waals surface area contributed by atoms with Crippen molar-refractivity contribution in [2.24, 2.45) is 0 Å².